The van der Waals surface area contributed by atoms with Crippen molar-refractivity contribution in [3.63, 3.8) is 0 Å². The monoisotopic (exact) mass is 343 g/mol. The summed E-state index contributed by atoms with van der Waals surface area (Å²) in [6.45, 7) is 7.73. The van der Waals surface area contributed by atoms with Gasteiger partial charge in [-0.2, -0.15) is 5.10 Å². The van der Waals surface area contributed by atoms with Crippen molar-refractivity contribution in [2.24, 2.45) is 5.41 Å². The maximum Gasteiger partial charge on any atom is 0.292 e. The number of carbonyl (C=O) groups excluding carboxylic acids is 2. The van der Waals surface area contributed by atoms with Gasteiger partial charge in [-0.1, -0.05) is 32.0 Å². The van der Waals surface area contributed by atoms with Gasteiger partial charge in [0.25, 0.3) is 11.7 Å². The second-order valence-corrected chi connectivity index (χ2v) is 6.94. The number of aliphatic hydroxyl groups is 1. The maximum absolute atomic E-state index is 12.6. The smallest absolute Gasteiger partial charge is 0.292 e. The van der Waals surface area contributed by atoms with E-state index in [9.17, 15) is 9.59 Å². The van der Waals surface area contributed by atoms with E-state index in [1.807, 2.05) is 44.2 Å². The third-order valence-electron chi connectivity index (χ3n) is 4.24. The highest BCUT2D eigenvalue weighted by Crippen LogP contribution is 2.20. The van der Waals surface area contributed by atoms with Crippen molar-refractivity contribution in [1.29, 1.82) is 0 Å². The molecule has 2 aromatic rings. The van der Waals surface area contributed by atoms with E-state index >= 15 is 0 Å². The Morgan fingerprint density at radius 2 is 1.84 bits per heavy atom. The number of amides is 1. The molecule has 0 aliphatic rings. The lowest BCUT2D eigenvalue weighted by atomic mass is 9.89. The van der Waals surface area contributed by atoms with Crippen molar-refractivity contribution in [3.8, 4) is 5.69 Å². The third-order valence-corrected chi connectivity index (χ3v) is 4.24. The Balaban J connectivity index is 2.20. The van der Waals surface area contributed by atoms with Crippen LogP contribution in [0.3, 0.4) is 0 Å². The Labute approximate surface area is 147 Å². The van der Waals surface area contributed by atoms with E-state index in [4.69, 9.17) is 5.11 Å². The van der Waals surface area contributed by atoms with E-state index in [0.717, 1.165) is 5.69 Å². The number of nitrogens with one attached hydrogen (secondary N) is 1. The van der Waals surface area contributed by atoms with Gasteiger partial charge in [0.05, 0.1) is 22.6 Å². The lowest BCUT2D eigenvalue weighted by Gasteiger charge is -2.23. The zero-order valence-electron chi connectivity index (χ0n) is 15.2. The third kappa shape index (κ3) is 4.33. The molecule has 0 saturated carbocycles. The van der Waals surface area contributed by atoms with Crippen molar-refractivity contribution >= 4 is 11.7 Å². The second kappa shape index (κ2) is 7.61. The number of nitrogens with zero attached hydrogens (tertiary/aromatic N) is 2. The normalized spacial score (nSPS) is 11.4. The topological polar surface area (TPSA) is 84.2 Å². The van der Waals surface area contributed by atoms with Gasteiger partial charge in [-0.05, 0) is 37.8 Å². The lowest BCUT2D eigenvalue weighted by molar-refractivity contribution is -0.117. The Morgan fingerprint density at radius 3 is 2.44 bits per heavy atom. The van der Waals surface area contributed by atoms with Gasteiger partial charge in [-0.15, -0.1) is 0 Å². The highest BCUT2D eigenvalue weighted by Gasteiger charge is 2.26. The minimum atomic E-state index is -0.648. The number of ketones is 1. The van der Waals surface area contributed by atoms with Crippen LogP contribution in [0.15, 0.2) is 30.3 Å². The molecule has 0 saturated heterocycles. The van der Waals surface area contributed by atoms with E-state index in [-0.39, 0.29) is 12.0 Å². The minimum Gasteiger partial charge on any atom is -0.396 e. The zero-order chi connectivity index (χ0) is 18.6. The summed E-state index contributed by atoms with van der Waals surface area (Å²) in [6, 6.07) is 9.48. The molecule has 0 aliphatic heterocycles. The number of aliphatic hydroxyl groups excluding tert-OH is 1. The molecule has 6 nitrogen and oxygen atoms in total. The first-order valence-electron chi connectivity index (χ1n) is 8.32. The summed E-state index contributed by atoms with van der Waals surface area (Å²) in [5.41, 5.74) is 2.06. The van der Waals surface area contributed by atoms with E-state index < -0.39 is 11.7 Å². The fourth-order valence-corrected chi connectivity index (χ4v) is 2.70. The standard InChI is InChI=1S/C19H25N3O3/c1-13-16(14(2)22(21-13)15-8-6-5-7-9-15)17(24)18(25)20-12-19(3,4)10-11-23/h5-9,23H,10-12H2,1-4H3,(H,20,25). The summed E-state index contributed by atoms with van der Waals surface area (Å²) in [5.74, 6) is -1.23. The van der Waals surface area contributed by atoms with Crippen molar-refractivity contribution < 1.29 is 14.7 Å². The van der Waals surface area contributed by atoms with Crippen molar-refractivity contribution in [2.75, 3.05) is 13.2 Å². The molecule has 0 radical (unpaired) electrons. The molecule has 1 aromatic heterocycles. The summed E-state index contributed by atoms with van der Waals surface area (Å²) in [4.78, 5) is 24.9. The van der Waals surface area contributed by atoms with Crippen LogP contribution in [0.4, 0.5) is 0 Å². The molecule has 0 unspecified atom stereocenters. The molecule has 1 amide bonds. The Morgan fingerprint density at radius 1 is 1.20 bits per heavy atom. The van der Waals surface area contributed by atoms with Gasteiger partial charge < -0.3 is 10.4 Å². The molecule has 6 heteroatoms. The number of para-hydroxylation sites is 1. The number of aromatic nitrogens is 2. The van der Waals surface area contributed by atoms with E-state index in [0.29, 0.717) is 29.9 Å². The molecule has 2 rings (SSSR count). The number of Topliss-reactive ketones (excluding diaryl/α,β-unsaturated/α-hetero) is 1. The molecule has 0 spiro atoms. The number of rotatable bonds is 7. The highest BCUT2D eigenvalue weighted by molar-refractivity contribution is 6.43. The van der Waals surface area contributed by atoms with Crippen LogP contribution in [0.25, 0.3) is 5.69 Å². The maximum atomic E-state index is 12.6. The summed E-state index contributed by atoms with van der Waals surface area (Å²) < 4.78 is 1.67. The van der Waals surface area contributed by atoms with Crippen LogP contribution >= 0.6 is 0 Å². The highest BCUT2D eigenvalue weighted by atomic mass is 16.3. The fourth-order valence-electron chi connectivity index (χ4n) is 2.70. The number of hydrogen-bond donors (Lipinski definition) is 2. The number of aryl methyl sites for hydroxylation is 1. The molecule has 134 valence electrons. The summed E-state index contributed by atoms with van der Waals surface area (Å²) in [7, 11) is 0. The van der Waals surface area contributed by atoms with E-state index in [1.54, 1.807) is 18.5 Å². The fraction of sp³-hybridized carbons (Fsp3) is 0.421. The molecule has 1 heterocycles. The Bertz CT molecular complexity index is 764. The van der Waals surface area contributed by atoms with Crippen LogP contribution in [-0.4, -0.2) is 39.7 Å². The van der Waals surface area contributed by atoms with Crippen molar-refractivity contribution in [1.82, 2.24) is 15.1 Å². The summed E-state index contributed by atoms with van der Waals surface area (Å²) in [6.07, 6.45) is 0.547. The predicted molar refractivity (Wildman–Crippen MR) is 95.9 cm³/mol. The number of carbonyl (C=O) groups is 2. The summed E-state index contributed by atoms with van der Waals surface area (Å²) in [5, 5.41) is 16.1. The summed E-state index contributed by atoms with van der Waals surface area (Å²) >= 11 is 0. The molecule has 1 aromatic carbocycles. The van der Waals surface area contributed by atoms with Gasteiger partial charge in [0.2, 0.25) is 0 Å². The molecular weight excluding hydrogens is 318 g/mol. The minimum absolute atomic E-state index is 0.0406. The van der Waals surface area contributed by atoms with Gasteiger partial charge in [-0.25, -0.2) is 4.68 Å². The molecular formula is C19H25N3O3. The van der Waals surface area contributed by atoms with Crippen LogP contribution < -0.4 is 5.32 Å². The van der Waals surface area contributed by atoms with Crippen LogP contribution in [0.1, 0.15) is 42.0 Å². The second-order valence-electron chi connectivity index (χ2n) is 6.94. The molecule has 0 aliphatic carbocycles. The zero-order valence-corrected chi connectivity index (χ0v) is 15.2. The van der Waals surface area contributed by atoms with Gasteiger partial charge in [0.15, 0.2) is 0 Å². The number of benzene rings is 1. The Kier molecular flexibility index (Phi) is 5.74. The van der Waals surface area contributed by atoms with Gasteiger partial charge >= 0.3 is 0 Å². The largest absolute Gasteiger partial charge is 0.396 e. The van der Waals surface area contributed by atoms with Crippen molar-refractivity contribution in [2.45, 2.75) is 34.1 Å². The van der Waals surface area contributed by atoms with Crippen LogP contribution in [0.5, 0.6) is 0 Å². The first-order chi connectivity index (χ1) is 11.8. The van der Waals surface area contributed by atoms with Gasteiger partial charge in [0.1, 0.15) is 0 Å². The average molecular weight is 343 g/mol. The lowest BCUT2D eigenvalue weighted by Crippen LogP contribution is -2.38. The molecule has 0 fully saturated rings. The van der Waals surface area contributed by atoms with Crippen LogP contribution in [0.2, 0.25) is 0 Å². The molecule has 25 heavy (non-hydrogen) atoms. The SMILES string of the molecule is Cc1nn(-c2ccccc2)c(C)c1C(=O)C(=O)NCC(C)(C)CCO. The quantitative estimate of drug-likeness (QED) is 0.596. The first-order valence-corrected chi connectivity index (χ1v) is 8.32. The van der Waals surface area contributed by atoms with Gasteiger partial charge in [0, 0.05) is 13.2 Å². The first kappa shape index (κ1) is 18.9. The molecule has 2 N–H and O–H groups in total. The number of hydrogen-bond acceptors (Lipinski definition) is 4. The van der Waals surface area contributed by atoms with Crippen molar-refractivity contribution in [3.05, 3.63) is 47.3 Å². The Hall–Kier alpha value is -2.47. The van der Waals surface area contributed by atoms with E-state index in [2.05, 4.69) is 10.4 Å². The predicted octanol–water partition coefficient (Wildman–Crippen LogP) is 2.20. The van der Waals surface area contributed by atoms with E-state index in [1.165, 1.54) is 0 Å². The average Bonchev–Trinajstić information content (AvgIpc) is 2.87. The van der Waals surface area contributed by atoms with Gasteiger partial charge in [-0.3, -0.25) is 9.59 Å². The molecule has 0 atom stereocenters. The van der Waals surface area contributed by atoms with Crippen LogP contribution in [-0.2, 0) is 4.79 Å². The van der Waals surface area contributed by atoms with Crippen LogP contribution in [0, 0.1) is 19.3 Å². The molecule has 0 bridgehead atoms.